The van der Waals surface area contributed by atoms with Gasteiger partial charge in [0, 0.05) is 46.0 Å². The molecule has 4 aromatic rings. The zero-order chi connectivity index (χ0) is 31.7. The molecule has 2 aromatic carbocycles. The molecule has 0 spiro atoms. The Morgan fingerprint density at radius 2 is 0.872 bits per heavy atom. The van der Waals surface area contributed by atoms with Crippen molar-refractivity contribution in [3.05, 3.63) is 106 Å². The molecule has 9 rings (SSSR count). The van der Waals surface area contributed by atoms with Crippen LogP contribution in [0.4, 0.5) is 0 Å². The molecule has 0 radical (unpaired) electrons. The summed E-state index contributed by atoms with van der Waals surface area (Å²) in [6.07, 6.45) is 30.6. The van der Waals surface area contributed by atoms with Gasteiger partial charge in [0.2, 0.25) is 0 Å². The fourth-order valence-corrected chi connectivity index (χ4v) is 9.08. The Kier molecular flexibility index (Phi) is 11.0. The number of rotatable bonds is 4. The van der Waals surface area contributed by atoms with Crippen LogP contribution in [0.1, 0.15) is 148 Å². The summed E-state index contributed by atoms with van der Waals surface area (Å²) in [5.41, 5.74) is 11.7. The molecule has 5 aliphatic rings. The summed E-state index contributed by atoms with van der Waals surface area (Å²) in [7, 11) is 0. The van der Waals surface area contributed by atoms with Crippen LogP contribution in [-0.2, 0) is 51.9 Å². The molecule has 0 amide bonds. The van der Waals surface area contributed by atoms with Gasteiger partial charge >= 0.3 is 0 Å². The number of hydrogen-bond donors (Lipinski definition) is 0. The quantitative estimate of drug-likeness (QED) is 0.210. The van der Waals surface area contributed by atoms with Crippen molar-refractivity contribution in [3.8, 4) is 0 Å². The predicted molar refractivity (Wildman–Crippen MR) is 196 cm³/mol. The number of aromatic nitrogens is 2. The number of fused-ring (bicyclic) bond motifs is 22. The molecule has 2 aromatic heterocycles. The zero-order valence-electron chi connectivity index (χ0n) is 29.1. The number of aryl methyl sites for hydroxylation is 4. The molecule has 47 heavy (non-hydrogen) atoms. The third-order valence-corrected chi connectivity index (χ3v) is 11.6. The highest BCUT2D eigenvalue weighted by atomic mass is 15.4. The summed E-state index contributed by atoms with van der Waals surface area (Å²) in [6.45, 7) is 4.23. The van der Waals surface area contributed by atoms with Crippen LogP contribution < -0.4 is 0 Å². The first kappa shape index (κ1) is 32.5. The fraction of sp³-hybridized carbons (Fsp3) is 0.545. The molecule has 0 fully saturated rings. The fourth-order valence-electron chi connectivity index (χ4n) is 9.08. The van der Waals surface area contributed by atoms with Gasteiger partial charge in [0.15, 0.2) is 0 Å². The highest BCUT2D eigenvalue weighted by Gasteiger charge is 2.36. The number of pyridine rings is 2. The van der Waals surface area contributed by atoms with Crippen molar-refractivity contribution in [2.24, 2.45) is 0 Å². The normalized spacial score (nSPS) is 19.7. The summed E-state index contributed by atoms with van der Waals surface area (Å²) in [5.74, 6) is 0. The summed E-state index contributed by atoms with van der Waals surface area (Å²) < 4.78 is 1.03. The molecule has 4 bridgehead atoms. The van der Waals surface area contributed by atoms with E-state index in [-0.39, 0.29) is 0 Å². The van der Waals surface area contributed by atoms with Crippen molar-refractivity contribution in [2.75, 3.05) is 0 Å². The summed E-state index contributed by atoms with van der Waals surface area (Å²) >= 11 is 0. The second kappa shape index (κ2) is 15.9. The third kappa shape index (κ3) is 8.34. The molecule has 3 aliphatic heterocycles. The van der Waals surface area contributed by atoms with Crippen molar-refractivity contribution in [1.29, 1.82) is 0 Å². The molecule has 3 nitrogen and oxygen atoms in total. The molecule has 0 saturated heterocycles. The van der Waals surface area contributed by atoms with Crippen LogP contribution in [-0.4, -0.2) is 14.5 Å². The second-order valence-electron chi connectivity index (χ2n) is 15.5. The minimum atomic E-state index is 1.03. The van der Waals surface area contributed by atoms with E-state index in [2.05, 4.69) is 60.9 Å². The number of hydrogen-bond acceptors (Lipinski definition) is 2. The highest BCUT2D eigenvalue weighted by molar-refractivity contribution is 5.89. The number of quaternary nitrogens is 1. The van der Waals surface area contributed by atoms with E-state index in [1.165, 1.54) is 171 Å². The average Bonchev–Trinajstić information content (AvgIpc) is 3.08. The predicted octanol–water partition coefficient (Wildman–Crippen LogP) is 11.3. The van der Waals surface area contributed by atoms with Gasteiger partial charge in [-0.2, -0.15) is 0 Å². The monoisotopic (exact) mass is 628 g/mol. The minimum absolute atomic E-state index is 1.03. The van der Waals surface area contributed by atoms with Crippen LogP contribution in [0.3, 0.4) is 0 Å². The van der Waals surface area contributed by atoms with E-state index in [4.69, 9.17) is 9.97 Å². The molecule has 0 N–H and O–H groups in total. The molecular formula is C44H58N3+. The molecule has 0 atom stereocenters. The van der Waals surface area contributed by atoms with Crippen LogP contribution in [0.2, 0.25) is 0 Å². The maximum absolute atomic E-state index is 5.24. The standard InChI is InChI=1S/C44H58N3/c1-3-7-11-15-25-42-40(27-35(29-45-42)19-13-9-5-1)33-47(31-38-23-17-21-37-22-18-24-39(32-47)44(37)38)34-41-28-36-20-14-10-6-2-4-8-12-16-26-43(41)46-30-36/h17-18,21-24,27-30H,1-16,19-20,25-26,31-34H2/q+1. The van der Waals surface area contributed by atoms with E-state index >= 15 is 0 Å². The van der Waals surface area contributed by atoms with Gasteiger partial charge in [0.1, 0.15) is 26.2 Å². The van der Waals surface area contributed by atoms with E-state index in [9.17, 15) is 0 Å². The maximum Gasteiger partial charge on any atom is 0.107 e. The van der Waals surface area contributed by atoms with Gasteiger partial charge in [-0.15, -0.1) is 0 Å². The first-order valence-corrected chi connectivity index (χ1v) is 19.5. The van der Waals surface area contributed by atoms with Crippen molar-refractivity contribution in [3.63, 3.8) is 0 Å². The molecule has 0 unspecified atom stereocenters. The Bertz CT molecular complexity index is 1500. The molecule has 3 heteroatoms. The average molecular weight is 629 g/mol. The lowest BCUT2D eigenvalue weighted by atomic mass is 9.91. The van der Waals surface area contributed by atoms with Crippen molar-refractivity contribution < 1.29 is 4.48 Å². The van der Waals surface area contributed by atoms with E-state index in [1.54, 1.807) is 0 Å². The van der Waals surface area contributed by atoms with Crippen LogP contribution in [0.15, 0.2) is 60.9 Å². The Hall–Kier alpha value is -3.04. The van der Waals surface area contributed by atoms with Crippen molar-refractivity contribution in [2.45, 2.75) is 155 Å². The van der Waals surface area contributed by atoms with Gasteiger partial charge in [-0.05, 0) is 85.4 Å². The Balaban J connectivity index is 1.27. The first-order chi connectivity index (χ1) is 23.2. The lowest BCUT2D eigenvalue weighted by molar-refractivity contribution is -0.979. The van der Waals surface area contributed by atoms with Crippen LogP contribution >= 0.6 is 0 Å². The van der Waals surface area contributed by atoms with E-state index < -0.39 is 0 Å². The lowest BCUT2D eigenvalue weighted by Gasteiger charge is -2.43. The molecule has 248 valence electrons. The van der Waals surface area contributed by atoms with Gasteiger partial charge in [-0.1, -0.05) is 113 Å². The van der Waals surface area contributed by atoms with Crippen LogP contribution in [0.25, 0.3) is 10.8 Å². The molecule has 2 aliphatic carbocycles. The SMILES string of the molecule is c1cc2c3c(cccc3c1)C[N+](Cc1cc3cnc1CCCCCCCCCC3)(Cc1cc3cnc1CCCCCCCCCC3)C2. The van der Waals surface area contributed by atoms with E-state index in [0.717, 1.165) is 43.5 Å². The molecule has 5 heterocycles. The topological polar surface area (TPSA) is 25.8 Å². The van der Waals surface area contributed by atoms with Gasteiger partial charge in [0.05, 0.1) is 0 Å². The zero-order valence-corrected chi connectivity index (χ0v) is 29.1. The molecule has 0 saturated carbocycles. The number of benzene rings is 2. The van der Waals surface area contributed by atoms with E-state index in [0.29, 0.717) is 0 Å². The Morgan fingerprint density at radius 1 is 0.468 bits per heavy atom. The van der Waals surface area contributed by atoms with Crippen LogP contribution in [0, 0.1) is 0 Å². The van der Waals surface area contributed by atoms with Gasteiger partial charge in [0.25, 0.3) is 0 Å². The minimum Gasteiger partial charge on any atom is -0.308 e. The highest BCUT2D eigenvalue weighted by Crippen LogP contribution is 2.38. The Morgan fingerprint density at radius 3 is 1.32 bits per heavy atom. The van der Waals surface area contributed by atoms with Crippen molar-refractivity contribution in [1.82, 2.24) is 9.97 Å². The van der Waals surface area contributed by atoms with Gasteiger partial charge < -0.3 is 4.48 Å². The second-order valence-corrected chi connectivity index (χ2v) is 15.5. The van der Waals surface area contributed by atoms with Crippen LogP contribution in [0.5, 0.6) is 0 Å². The maximum atomic E-state index is 5.24. The molecular weight excluding hydrogens is 571 g/mol. The summed E-state index contributed by atoms with van der Waals surface area (Å²) in [4.78, 5) is 10.5. The van der Waals surface area contributed by atoms with Gasteiger partial charge in [-0.3, -0.25) is 9.97 Å². The Labute approximate surface area is 284 Å². The summed E-state index contributed by atoms with van der Waals surface area (Å²) in [6, 6.07) is 19.2. The largest absolute Gasteiger partial charge is 0.308 e. The summed E-state index contributed by atoms with van der Waals surface area (Å²) in [5, 5.41) is 2.90. The van der Waals surface area contributed by atoms with E-state index in [1.807, 2.05) is 0 Å². The smallest absolute Gasteiger partial charge is 0.107 e. The van der Waals surface area contributed by atoms with Gasteiger partial charge in [-0.25, -0.2) is 0 Å². The lowest BCUT2D eigenvalue weighted by Crippen LogP contribution is -2.47. The number of nitrogens with zero attached hydrogens (tertiary/aromatic N) is 3. The third-order valence-electron chi connectivity index (χ3n) is 11.6. The first-order valence-electron chi connectivity index (χ1n) is 19.5. The van der Waals surface area contributed by atoms with Crippen molar-refractivity contribution >= 4 is 10.8 Å².